The van der Waals surface area contributed by atoms with Crippen molar-refractivity contribution in [2.24, 2.45) is 4.99 Å². The lowest BCUT2D eigenvalue weighted by Crippen LogP contribution is -2.25. The third kappa shape index (κ3) is 7.62. The van der Waals surface area contributed by atoms with Crippen LogP contribution in [0.15, 0.2) is 29.3 Å². The molecule has 0 aromatic heterocycles. The van der Waals surface area contributed by atoms with Crippen LogP contribution in [0.1, 0.15) is 55.1 Å². The molecule has 1 aliphatic rings. The van der Waals surface area contributed by atoms with Crippen molar-refractivity contribution in [1.29, 1.82) is 0 Å². The molecule has 0 spiro atoms. The highest BCUT2D eigenvalue weighted by atomic mass is 32.1. The molecule has 0 saturated heterocycles. The molecule has 27 heavy (non-hydrogen) atoms. The molecule has 1 aliphatic carbocycles. The first kappa shape index (κ1) is 21.9. The molecule has 3 N–H and O–H groups in total. The summed E-state index contributed by atoms with van der Waals surface area (Å²) in [5, 5.41) is 5.16. The number of hydrogen-bond donors (Lipinski definition) is 3. The fourth-order valence-corrected chi connectivity index (χ4v) is 3.97. The Kier molecular flexibility index (Phi) is 8.77. The Labute approximate surface area is 164 Å². The zero-order chi connectivity index (χ0) is 19.7. The lowest BCUT2D eigenvalue weighted by molar-refractivity contribution is -0.121. The molecular weight excluding hydrogens is 387 g/mol. The molecule has 1 amide bonds. The number of phosphoric acid groups is 1. The monoisotopic (exact) mass is 412 g/mol. The van der Waals surface area contributed by atoms with Gasteiger partial charge in [-0.1, -0.05) is 24.3 Å². The molecule has 2 unspecified atom stereocenters. The molecule has 2 atom stereocenters. The van der Waals surface area contributed by atoms with Gasteiger partial charge in [-0.2, -0.15) is 0 Å². The van der Waals surface area contributed by atoms with E-state index in [2.05, 4.69) is 56.5 Å². The van der Waals surface area contributed by atoms with Gasteiger partial charge in [-0.15, -0.1) is 0 Å². The van der Waals surface area contributed by atoms with Crippen molar-refractivity contribution in [1.82, 2.24) is 5.32 Å². The van der Waals surface area contributed by atoms with Crippen molar-refractivity contribution in [3.8, 4) is 0 Å². The summed E-state index contributed by atoms with van der Waals surface area (Å²) >= 11 is 4.60. The number of phosphoric ester groups is 1. The fourth-order valence-electron chi connectivity index (χ4n) is 3.51. The third-order valence-corrected chi connectivity index (χ3v) is 5.34. The number of aliphatic imine (C=N–C) groups is 1. The third-order valence-electron chi connectivity index (χ3n) is 4.69. The number of carbonyl (C=O) groups is 1. The smallest absolute Gasteiger partial charge is 0.356 e. The molecule has 148 valence electrons. The van der Waals surface area contributed by atoms with Crippen LogP contribution >= 0.6 is 20.0 Å². The van der Waals surface area contributed by atoms with E-state index >= 15 is 0 Å². The van der Waals surface area contributed by atoms with Gasteiger partial charge in [-0.25, -0.2) is 9.56 Å². The number of carbonyl (C=O) groups excluding carboxylic acids is 1. The average Bonchev–Trinajstić information content (AvgIpc) is 2.85. The van der Waals surface area contributed by atoms with Crippen LogP contribution in [0.3, 0.4) is 0 Å². The number of fused-ring (bicyclic) bond motifs is 2. The summed E-state index contributed by atoms with van der Waals surface area (Å²) in [7, 11) is -4.44. The molecular formula is C18H25N2O5PS. The van der Waals surface area contributed by atoms with Crippen LogP contribution in [0.5, 0.6) is 0 Å². The van der Waals surface area contributed by atoms with E-state index in [1.54, 1.807) is 0 Å². The Morgan fingerprint density at radius 2 is 1.96 bits per heavy atom. The topological polar surface area (TPSA) is 108 Å². The summed E-state index contributed by atoms with van der Waals surface area (Å²) < 4.78 is 14.9. The highest BCUT2D eigenvalue weighted by Crippen LogP contribution is 2.45. The number of rotatable bonds is 12. The number of amides is 1. The van der Waals surface area contributed by atoms with Gasteiger partial charge in [0.15, 0.2) is 0 Å². The van der Waals surface area contributed by atoms with Crippen LogP contribution in [0.4, 0.5) is 0 Å². The molecule has 1 aromatic carbocycles. The minimum absolute atomic E-state index is 0.0600. The van der Waals surface area contributed by atoms with E-state index in [1.807, 2.05) is 0 Å². The van der Waals surface area contributed by atoms with Crippen LogP contribution in [0, 0.1) is 0 Å². The number of thiocarbonyl (C=S) groups is 1. The van der Waals surface area contributed by atoms with E-state index in [9.17, 15) is 9.36 Å². The molecule has 0 saturated carbocycles. The van der Waals surface area contributed by atoms with Crippen LogP contribution in [-0.4, -0.2) is 40.6 Å². The molecule has 0 radical (unpaired) electrons. The van der Waals surface area contributed by atoms with Gasteiger partial charge >= 0.3 is 7.82 Å². The first-order valence-corrected chi connectivity index (χ1v) is 10.9. The van der Waals surface area contributed by atoms with Crippen molar-refractivity contribution >= 4 is 31.1 Å². The summed E-state index contributed by atoms with van der Waals surface area (Å²) in [6, 6.07) is 8.53. The summed E-state index contributed by atoms with van der Waals surface area (Å²) in [6.07, 6.45) is 3.47. The zero-order valence-corrected chi connectivity index (χ0v) is 16.8. The normalized spacial score (nSPS) is 18.1. The Bertz CT molecular complexity index is 732. The lowest BCUT2D eigenvalue weighted by atomic mass is 9.84. The molecule has 0 fully saturated rings. The Balaban J connectivity index is 1.74. The van der Waals surface area contributed by atoms with Gasteiger partial charge in [0.2, 0.25) is 5.91 Å². The Hall–Kier alpha value is -1.40. The SMILES string of the molecule is O=C(CCC1c2cccc(c2)C1CCCN=C=S)NCCCOP(=O)(O)O. The average molecular weight is 412 g/mol. The quantitative estimate of drug-likeness (QED) is 0.211. The molecule has 1 aromatic rings. The van der Waals surface area contributed by atoms with Crippen LogP contribution in [-0.2, 0) is 13.9 Å². The summed E-state index contributed by atoms with van der Waals surface area (Å²) in [4.78, 5) is 33.2. The predicted molar refractivity (Wildman–Crippen MR) is 106 cm³/mol. The van der Waals surface area contributed by atoms with Gasteiger partial charge in [-0.05, 0) is 60.9 Å². The number of nitrogens with zero attached hydrogens (tertiary/aromatic N) is 1. The predicted octanol–water partition coefficient (Wildman–Crippen LogP) is 3.15. The van der Waals surface area contributed by atoms with E-state index < -0.39 is 7.82 Å². The van der Waals surface area contributed by atoms with E-state index in [0.29, 0.717) is 37.8 Å². The second-order valence-electron chi connectivity index (χ2n) is 6.56. The minimum atomic E-state index is -4.44. The zero-order valence-electron chi connectivity index (χ0n) is 15.0. The number of hydrogen-bond acceptors (Lipinski definition) is 5. The summed E-state index contributed by atoms with van der Waals surface area (Å²) in [5.74, 6) is 0.671. The van der Waals surface area contributed by atoms with Gasteiger partial charge in [0, 0.05) is 19.5 Å². The van der Waals surface area contributed by atoms with Crippen LogP contribution < -0.4 is 5.32 Å². The van der Waals surface area contributed by atoms with Crippen LogP contribution in [0.25, 0.3) is 0 Å². The summed E-state index contributed by atoms with van der Waals surface area (Å²) in [6.45, 7) is 0.918. The summed E-state index contributed by atoms with van der Waals surface area (Å²) in [5.41, 5.74) is 2.59. The van der Waals surface area contributed by atoms with E-state index in [1.165, 1.54) is 11.1 Å². The van der Waals surface area contributed by atoms with Gasteiger partial charge in [0.05, 0.1) is 11.8 Å². The molecule has 7 nitrogen and oxygen atoms in total. The maximum Gasteiger partial charge on any atom is 0.469 e. The maximum absolute atomic E-state index is 12.1. The molecule has 2 bridgehead atoms. The van der Waals surface area contributed by atoms with Crippen molar-refractivity contribution in [2.45, 2.75) is 43.9 Å². The number of isothiocyanates is 1. The Morgan fingerprint density at radius 1 is 1.26 bits per heavy atom. The van der Waals surface area contributed by atoms with Gasteiger partial charge in [0.1, 0.15) is 0 Å². The lowest BCUT2D eigenvalue weighted by Gasteiger charge is -2.21. The first-order chi connectivity index (χ1) is 12.9. The van der Waals surface area contributed by atoms with Gasteiger partial charge < -0.3 is 15.1 Å². The van der Waals surface area contributed by atoms with E-state index in [4.69, 9.17) is 9.79 Å². The highest BCUT2D eigenvalue weighted by molar-refractivity contribution is 7.78. The van der Waals surface area contributed by atoms with Crippen molar-refractivity contribution < 1.29 is 23.7 Å². The number of benzene rings is 1. The van der Waals surface area contributed by atoms with Crippen molar-refractivity contribution in [3.63, 3.8) is 0 Å². The highest BCUT2D eigenvalue weighted by Gasteiger charge is 2.30. The molecule has 9 heteroatoms. The van der Waals surface area contributed by atoms with Gasteiger partial charge in [0.25, 0.3) is 0 Å². The maximum atomic E-state index is 12.1. The second-order valence-corrected chi connectivity index (χ2v) is 7.99. The molecule has 0 heterocycles. The number of nitrogens with one attached hydrogen (secondary N) is 1. The standard InChI is InChI=1S/C18H25N2O5PS/c21-18(20-10-3-11-25-26(22,23)24)8-7-17-15-5-1-4-14(12-15)16(17)6-2-9-19-13-27/h1,4-5,12,16-17H,2-3,6-11H2,(H,20,21)(H2,22,23,24). The van der Waals surface area contributed by atoms with E-state index in [0.717, 1.165) is 19.3 Å². The van der Waals surface area contributed by atoms with Gasteiger partial charge in [-0.3, -0.25) is 9.32 Å². The van der Waals surface area contributed by atoms with Crippen LogP contribution in [0.2, 0.25) is 0 Å². The van der Waals surface area contributed by atoms with Crippen molar-refractivity contribution in [3.05, 3.63) is 35.4 Å². The molecule has 2 rings (SSSR count). The fraction of sp³-hybridized carbons (Fsp3) is 0.556. The molecule has 0 aliphatic heterocycles. The van der Waals surface area contributed by atoms with E-state index in [-0.39, 0.29) is 12.5 Å². The van der Waals surface area contributed by atoms with Crippen molar-refractivity contribution in [2.75, 3.05) is 19.7 Å². The second kappa shape index (κ2) is 10.8. The minimum Gasteiger partial charge on any atom is -0.356 e. The largest absolute Gasteiger partial charge is 0.469 e. The first-order valence-electron chi connectivity index (χ1n) is 9.01. The Morgan fingerprint density at radius 3 is 2.63 bits per heavy atom.